The van der Waals surface area contributed by atoms with Crippen LogP contribution in [0.25, 0.3) is 0 Å². The van der Waals surface area contributed by atoms with Gasteiger partial charge in [0.1, 0.15) is 11.9 Å². The van der Waals surface area contributed by atoms with E-state index in [4.69, 9.17) is 14.5 Å². The molecule has 3 N–H and O–H groups in total. The molecule has 1 atom stereocenters. The highest BCUT2D eigenvalue weighted by atomic mass is 16.5. The van der Waals surface area contributed by atoms with Crippen LogP contribution in [-0.4, -0.2) is 54.1 Å². The van der Waals surface area contributed by atoms with E-state index in [0.29, 0.717) is 12.5 Å². The van der Waals surface area contributed by atoms with Crippen LogP contribution in [0.4, 0.5) is 10.6 Å². The zero-order valence-corrected chi connectivity index (χ0v) is 18.6. The third-order valence-corrected chi connectivity index (χ3v) is 5.85. The van der Waals surface area contributed by atoms with Gasteiger partial charge in [0.25, 0.3) is 0 Å². The molecule has 8 heteroatoms. The van der Waals surface area contributed by atoms with Crippen molar-refractivity contribution in [3.63, 3.8) is 0 Å². The Hall–Kier alpha value is -2.35. The number of carboxylic acids is 1. The second kappa shape index (κ2) is 11.3. The van der Waals surface area contributed by atoms with Crippen molar-refractivity contribution >= 4 is 17.9 Å². The summed E-state index contributed by atoms with van der Waals surface area (Å²) in [6, 6.07) is 3.34. The maximum Gasteiger partial charge on any atom is 0.407 e. The van der Waals surface area contributed by atoms with Crippen LogP contribution in [-0.2, 0) is 27.1 Å². The Morgan fingerprint density at radius 3 is 2.87 bits per heavy atom. The molecule has 0 aromatic carbocycles. The van der Waals surface area contributed by atoms with Crippen LogP contribution in [0, 0.1) is 11.8 Å². The first kappa shape index (κ1) is 23.3. The van der Waals surface area contributed by atoms with Gasteiger partial charge in [0.15, 0.2) is 0 Å². The summed E-state index contributed by atoms with van der Waals surface area (Å²) in [6.45, 7) is 5.40. The van der Waals surface area contributed by atoms with Gasteiger partial charge in [0.2, 0.25) is 0 Å². The zero-order chi connectivity index (χ0) is 22.2. The van der Waals surface area contributed by atoms with E-state index in [1.54, 1.807) is 0 Å². The first-order chi connectivity index (χ1) is 14.9. The Kier molecular flexibility index (Phi) is 8.51. The van der Waals surface area contributed by atoms with Crippen molar-refractivity contribution in [3.05, 3.63) is 23.4 Å². The maximum absolute atomic E-state index is 11.7. The number of rotatable bonds is 11. The molecular weight excluding hydrogens is 398 g/mol. The van der Waals surface area contributed by atoms with Gasteiger partial charge < -0.3 is 25.2 Å². The van der Waals surface area contributed by atoms with Crippen LogP contribution in [0.2, 0.25) is 0 Å². The van der Waals surface area contributed by atoms with Gasteiger partial charge in [-0.1, -0.05) is 19.9 Å². The molecule has 1 aromatic heterocycles. The number of nitrogens with one attached hydrogen (secondary N) is 2. The lowest BCUT2D eigenvalue weighted by atomic mass is 9.79. The second-order valence-corrected chi connectivity index (χ2v) is 9.03. The van der Waals surface area contributed by atoms with E-state index in [1.807, 2.05) is 13.8 Å². The monoisotopic (exact) mass is 433 g/mol. The molecule has 172 valence electrons. The number of carbonyl (C=O) groups excluding carboxylic acids is 1. The maximum atomic E-state index is 11.7. The molecular formula is C23H35N3O5. The van der Waals surface area contributed by atoms with Crippen molar-refractivity contribution in [3.8, 4) is 0 Å². The summed E-state index contributed by atoms with van der Waals surface area (Å²) >= 11 is 0. The first-order valence-electron chi connectivity index (χ1n) is 11.4. The largest absolute Gasteiger partial charge is 0.480 e. The summed E-state index contributed by atoms with van der Waals surface area (Å²) in [6.07, 6.45) is 6.01. The Morgan fingerprint density at radius 2 is 2.13 bits per heavy atom. The number of fused-ring (bicyclic) bond motifs is 1. The Balaban J connectivity index is 1.30. The fraction of sp³-hybridized carbons (Fsp3) is 0.696. The Morgan fingerprint density at radius 1 is 1.32 bits per heavy atom. The van der Waals surface area contributed by atoms with Crippen LogP contribution in [0.3, 0.4) is 0 Å². The van der Waals surface area contributed by atoms with E-state index in [0.717, 1.165) is 50.2 Å². The number of hydrogen-bond donors (Lipinski definition) is 3. The number of anilines is 1. The number of aryl methyl sites for hydroxylation is 2. The first-order valence-corrected chi connectivity index (χ1v) is 11.4. The molecule has 0 bridgehead atoms. The molecule has 0 radical (unpaired) electrons. The molecule has 1 fully saturated rings. The molecule has 3 rings (SSSR count). The highest BCUT2D eigenvalue weighted by molar-refractivity contribution is 5.79. The van der Waals surface area contributed by atoms with Gasteiger partial charge in [-0.2, -0.15) is 0 Å². The molecule has 2 aliphatic rings. The van der Waals surface area contributed by atoms with Gasteiger partial charge in [0, 0.05) is 25.3 Å². The van der Waals surface area contributed by atoms with Crippen LogP contribution in [0.1, 0.15) is 57.2 Å². The number of alkyl carbamates (subject to hydrolysis) is 1. The SMILES string of the molecule is CC(C)COC(=O)NC(CCO[C@H]1C[C@H](CCc2ccc3c(n2)NCCC3)C1)C(=O)O. The van der Waals surface area contributed by atoms with Crippen molar-refractivity contribution in [2.45, 2.75) is 70.9 Å². The van der Waals surface area contributed by atoms with Gasteiger partial charge >= 0.3 is 12.1 Å². The van der Waals surface area contributed by atoms with Gasteiger partial charge in [0.05, 0.1) is 12.7 Å². The normalized spacial score (nSPS) is 20.9. The van der Waals surface area contributed by atoms with Crippen LogP contribution in [0.15, 0.2) is 12.1 Å². The summed E-state index contributed by atoms with van der Waals surface area (Å²) in [4.78, 5) is 27.8. The standard InChI is InChI=1S/C23H35N3O5/c1-15(2)14-31-23(29)26-20(22(27)28)9-11-30-19-12-16(13-19)5-7-18-8-6-17-4-3-10-24-21(17)25-18/h6,8,15-16,19-20H,3-5,7,9-14H2,1-2H3,(H,24,25)(H,26,29)(H,27,28)/t16-,19-,20?. The number of amides is 1. The lowest BCUT2D eigenvalue weighted by Gasteiger charge is -2.35. The molecule has 1 unspecified atom stereocenters. The number of carbonyl (C=O) groups is 2. The number of pyridine rings is 1. The minimum atomic E-state index is -1.08. The minimum absolute atomic E-state index is 0.172. The van der Waals surface area contributed by atoms with Crippen molar-refractivity contribution in [1.29, 1.82) is 0 Å². The lowest BCUT2D eigenvalue weighted by Crippen LogP contribution is -2.42. The minimum Gasteiger partial charge on any atom is -0.480 e. The number of aliphatic carboxylic acids is 1. The van der Waals surface area contributed by atoms with Crippen LogP contribution >= 0.6 is 0 Å². The molecule has 0 saturated heterocycles. The number of nitrogens with zero attached hydrogens (tertiary/aromatic N) is 1. The highest BCUT2D eigenvalue weighted by Crippen LogP contribution is 2.34. The topological polar surface area (TPSA) is 110 Å². The summed E-state index contributed by atoms with van der Waals surface area (Å²) in [5.74, 6) is 0.788. The fourth-order valence-corrected chi connectivity index (χ4v) is 3.94. The average Bonchev–Trinajstić information content (AvgIpc) is 2.72. The number of hydrogen-bond acceptors (Lipinski definition) is 6. The Bertz CT molecular complexity index is 749. The Labute approximate surface area is 184 Å². The summed E-state index contributed by atoms with van der Waals surface area (Å²) in [5, 5.41) is 15.1. The predicted octanol–water partition coefficient (Wildman–Crippen LogP) is 3.39. The third kappa shape index (κ3) is 7.38. The lowest BCUT2D eigenvalue weighted by molar-refractivity contribution is -0.140. The van der Waals surface area contributed by atoms with Gasteiger partial charge in [-0.15, -0.1) is 0 Å². The summed E-state index contributed by atoms with van der Waals surface area (Å²) < 4.78 is 10.8. The molecule has 1 amide bonds. The van der Waals surface area contributed by atoms with Crippen molar-refractivity contribution in [2.24, 2.45) is 11.8 Å². The summed E-state index contributed by atoms with van der Waals surface area (Å²) in [5.41, 5.74) is 2.45. The molecule has 1 aliphatic carbocycles. The smallest absolute Gasteiger partial charge is 0.407 e. The van der Waals surface area contributed by atoms with E-state index in [1.165, 1.54) is 12.0 Å². The molecule has 8 nitrogen and oxygen atoms in total. The van der Waals surface area contributed by atoms with Gasteiger partial charge in [-0.25, -0.2) is 14.6 Å². The van der Waals surface area contributed by atoms with Crippen LogP contribution < -0.4 is 10.6 Å². The van der Waals surface area contributed by atoms with Crippen LogP contribution in [0.5, 0.6) is 0 Å². The predicted molar refractivity (Wildman–Crippen MR) is 117 cm³/mol. The molecule has 1 aromatic rings. The van der Waals surface area contributed by atoms with E-state index in [9.17, 15) is 14.7 Å². The quantitative estimate of drug-likeness (QED) is 0.491. The van der Waals surface area contributed by atoms with Gasteiger partial charge in [-0.3, -0.25) is 0 Å². The van der Waals surface area contributed by atoms with Crippen molar-refractivity contribution in [1.82, 2.24) is 10.3 Å². The third-order valence-electron chi connectivity index (χ3n) is 5.85. The summed E-state index contributed by atoms with van der Waals surface area (Å²) in [7, 11) is 0. The van der Waals surface area contributed by atoms with Gasteiger partial charge in [-0.05, 0) is 62.0 Å². The molecule has 1 saturated carbocycles. The van der Waals surface area contributed by atoms with Crippen molar-refractivity contribution < 1.29 is 24.2 Å². The van der Waals surface area contributed by atoms with Crippen molar-refractivity contribution in [2.75, 3.05) is 25.1 Å². The molecule has 0 spiro atoms. The fourth-order valence-electron chi connectivity index (χ4n) is 3.94. The number of aromatic nitrogens is 1. The van der Waals surface area contributed by atoms with E-state index in [-0.39, 0.29) is 25.0 Å². The highest BCUT2D eigenvalue weighted by Gasteiger charge is 2.30. The van der Waals surface area contributed by atoms with E-state index in [2.05, 4.69) is 22.8 Å². The molecule has 1 aliphatic heterocycles. The van der Waals surface area contributed by atoms with E-state index >= 15 is 0 Å². The molecule has 31 heavy (non-hydrogen) atoms. The average molecular weight is 434 g/mol. The van der Waals surface area contributed by atoms with E-state index < -0.39 is 18.1 Å². The molecule has 2 heterocycles. The number of ether oxygens (including phenoxy) is 2. The zero-order valence-electron chi connectivity index (χ0n) is 18.6. The second-order valence-electron chi connectivity index (χ2n) is 9.03. The number of carboxylic acid groups (broad SMARTS) is 1.